The molecule has 206 valence electrons. The van der Waals surface area contributed by atoms with Crippen LogP contribution in [0.4, 0.5) is 4.79 Å². The third-order valence-corrected chi connectivity index (χ3v) is 4.98. The zero-order valence-electron chi connectivity index (χ0n) is 23.1. The molecule has 0 aromatic carbocycles. The lowest BCUT2D eigenvalue weighted by molar-refractivity contribution is -0.151. The fourth-order valence-electron chi connectivity index (χ4n) is 3.55. The molecule has 0 saturated heterocycles. The second-order valence-electron chi connectivity index (χ2n) is 10.9. The van der Waals surface area contributed by atoms with Crippen LogP contribution in [-0.2, 0) is 33.3 Å². The van der Waals surface area contributed by atoms with E-state index in [1.807, 2.05) is 27.7 Å². The Labute approximate surface area is 215 Å². The minimum Gasteiger partial charge on any atom is -0.459 e. The van der Waals surface area contributed by atoms with Gasteiger partial charge in [0.2, 0.25) is 0 Å². The van der Waals surface area contributed by atoms with E-state index >= 15 is 0 Å². The van der Waals surface area contributed by atoms with Gasteiger partial charge in [-0.25, -0.2) is 14.4 Å². The summed E-state index contributed by atoms with van der Waals surface area (Å²) in [5, 5.41) is 5.74. The van der Waals surface area contributed by atoms with E-state index in [0.29, 0.717) is 25.9 Å². The summed E-state index contributed by atoms with van der Waals surface area (Å²) in [6.07, 6.45) is 3.02. The van der Waals surface area contributed by atoms with Crippen LogP contribution in [0.5, 0.6) is 0 Å². The van der Waals surface area contributed by atoms with E-state index in [1.165, 1.54) is 0 Å². The Bertz CT molecular complexity index is 800. The van der Waals surface area contributed by atoms with Gasteiger partial charge in [-0.15, -0.1) is 0 Å². The summed E-state index contributed by atoms with van der Waals surface area (Å²) in [4.78, 5) is 47.5. The van der Waals surface area contributed by atoms with Gasteiger partial charge >= 0.3 is 18.0 Å². The Kier molecular flexibility index (Phi) is 12.9. The number of nitrogens with one attached hydrogen (secondary N) is 2. The maximum atomic E-state index is 12.9. The monoisotopic (exact) mass is 512 g/mol. The van der Waals surface area contributed by atoms with Crippen molar-refractivity contribution in [2.45, 2.75) is 96.9 Å². The number of amides is 2. The standard InChI is InChI=1S/C26H44N2O8/c1-11-19(29)33-16-17-34-22(32)28-24(5,6)18-23(3,4)27-21(31)26(9,10)35-15-13-14-25(7,8)36-20(30)12-2/h11-12H,1-2,13-18H2,3-10H3,(H,27,31)(H,28,32). The Morgan fingerprint density at radius 3 is 1.83 bits per heavy atom. The van der Waals surface area contributed by atoms with Crippen molar-refractivity contribution in [1.82, 2.24) is 10.6 Å². The molecule has 0 saturated carbocycles. The number of alkyl carbamates (subject to hydrolysis) is 1. The molecule has 0 aliphatic carbocycles. The van der Waals surface area contributed by atoms with Crippen molar-refractivity contribution in [3.8, 4) is 0 Å². The van der Waals surface area contributed by atoms with E-state index in [2.05, 4.69) is 23.8 Å². The molecule has 2 N–H and O–H groups in total. The highest BCUT2D eigenvalue weighted by Crippen LogP contribution is 2.23. The van der Waals surface area contributed by atoms with Gasteiger partial charge in [0.15, 0.2) is 0 Å². The number of esters is 2. The molecule has 0 heterocycles. The molecule has 0 aromatic heterocycles. The summed E-state index contributed by atoms with van der Waals surface area (Å²) in [5.41, 5.74) is -3.17. The van der Waals surface area contributed by atoms with Crippen molar-refractivity contribution in [3.05, 3.63) is 25.3 Å². The smallest absolute Gasteiger partial charge is 0.407 e. The molecule has 0 aliphatic heterocycles. The molecule has 0 atom stereocenters. The first-order valence-corrected chi connectivity index (χ1v) is 11.9. The number of carbonyl (C=O) groups excluding carboxylic acids is 4. The van der Waals surface area contributed by atoms with Crippen molar-refractivity contribution in [2.75, 3.05) is 19.8 Å². The molecule has 36 heavy (non-hydrogen) atoms. The van der Waals surface area contributed by atoms with E-state index < -0.39 is 40.3 Å². The van der Waals surface area contributed by atoms with E-state index in [-0.39, 0.29) is 19.1 Å². The Morgan fingerprint density at radius 1 is 0.750 bits per heavy atom. The van der Waals surface area contributed by atoms with Crippen LogP contribution in [0.15, 0.2) is 25.3 Å². The Morgan fingerprint density at radius 2 is 1.28 bits per heavy atom. The first-order chi connectivity index (χ1) is 16.3. The van der Waals surface area contributed by atoms with Gasteiger partial charge in [-0.1, -0.05) is 13.2 Å². The number of rotatable bonds is 16. The molecule has 0 rings (SSSR count). The third-order valence-electron chi connectivity index (χ3n) is 4.98. The highest BCUT2D eigenvalue weighted by molar-refractivity contribution is 5.85. The molecule has 0 bridgehead atoms. The summed E-state index contributed by atoms with van der Waals surface area (Å²) in [6.45, 7) is 21.1. The maximum absolute atomic E-state index is 12.9. The number of hydrogen-bond donors (Lipinski definition) is 2. The lowest BCUT2D eigenvalue weighted by Gasteiger charge is -2.38. The van der Waals surface area contributed by atoms with Crippen molar-refractivity contribution in [2.24, 2.45) is 0 Å². The fourth-order valence-corrected chi connectivity index (χ4v) is 3.55. The van der Waals surface area contributed by atoms with Crippen molar-refractivity contribution in [1.29, 1.82) is 0 Å². The minimum absolute atomic E-state index is 0.0766. The second kappa shape index (κ2) is 14.0. The van der Waals surface area contributed by atoms with Crippen LogP contribution < -0.4 is 10.6 Å². The lowest BCUT2D eigenvalue weighted by atomic mass is 9.86. The van der Waals surface area contributed by atoms with Crippen LogP contribution in [0.2, 0.25) is 0 Å². The maximum Gasteiger partial charge on any atom is 0.407 e. The molecular weight excluding hydrogens is 468 g/mol. The Balaban J connectivity index is 4.67. The number of hydrogen-bond acceptors (Lipinski definition) is 8. The quantitative estimate of drug-likeness (QED) is 0.139. The molecule has 0 spiro atoms. The van der Waals surface area contributed by atoms with Gasteiger partial charge in [0.25, 0.3) is 5.91 Å². The van der Waals surface area contributed by atoms with Crippen molar-refractivity contribution in [3.63, 3.8) is 0 Å². The topological polar surface area (TPSA) is 129 Å². The van der Waals surface area contributed by atoms with Crippen LogP contribution in [0.1, 0.15) is 74.7 Å². The summed E-state index contributed by atoms with van der Waals surface area (Å²) in [5.74, 6) is -1.38. The fraction of sp³-hybridized carbons (Fsp3) is 0.692. The van der Waals surface area contributed by atoms with Crippen LogP contribution in [0.3, 0.4) is 0 Å². The molecule has 10 nitrogen and oxygen atoms in total. The molecular formula is C26H44N2O8. The zero-order valence-corrected chi connectivity index (χ0v) is 23.1. The highest BCUT2D eigenvalue weighted by atomic mass is 16.6. The van der Waals surface area contributed by atoms with Gasteiger partial charge in [-0.2, -0.15) is 0 Å². The molecule has 0 unspecified atom stereocenters. The van der Waals surface area contributed by atoms with Crippen molar-refractivity contribution >= 4 is 23.9 Å². The summed E-state index contributed by atoms with van der Waals surface area (Å²) >= 11 is 0. The zero-order chi connectivity index (χ0) is 28.2. The molecule has 0 radical (unpaired) electrons. The van der Waals surface area contributed by atoms with Crippen LogP contribution in [0.25, 0.3) is 0 Å². The predicted molar refractivity (Wildman–Crippen MR) is 136 cm³/mol. The molecule has 0 fully saturated rings. The van der Waals surface area contributed by atoms with Gasteiger partial charge in [0.05, 0.1) is 0 Å². The van der Waals surface area contributed by atoms with E-state index in [9.17, 15) is 19.2 Å². The third kappa shape index (κ3) is 14.5. The van der Waals surface area contributed by atoms with Crippen LogP contribution in [0, 0.1) is 0 Å². The van der Waals surface area contributed by atoms with Gasteiger partial charge in [-0.05, 0) is 74.7 Å². The largest absolute Gasteiger partial charge is 0.459 e. The summed E-state index contributed by atoms with van der Waals surface area (Å²) < 4.78 is 20.9. The molecule has 0 aromatic rings. The van der Waals surface area contributed by atoms with Gasteiger partial charge in [0, 0.05) is 29.8 Å². The first kappa shape index (κ1) is 33.1. The van der Waals surface area contributed by atoms with Gasteiger partial charge in [-0.3, -0.25) is 4.79 Å². The molecule has 10 heteroatoms. The Hall–Kier alpha value is -2.88. The van der Waals surface area contributed by atoms with Gasteiger partial charge in [0.1, 0.15) is 24.4 Å². The highest BCUT2D eigenvalue weighted by Gasteiger charge is 2.36. The SMILES string of the molecule is C=CC(=O)OCCOC(=O)NC(C)(C)CC(C)(C)NC(=O)C(C)(C)OCCCC(C)(C)OC(=O)C=C. The van der Waals surface area contributed by atoms with E-state index in [0.717, 1.165) is 12.2 Å². The van der Waals surface area contributed by atoms with E-state index in [1.54, 1.807) is 27.7 Å². The van der Waals surface area contributed by atoms with Gasteiger partial charge < -0.3 is 29.6 Å². The molecule has 0 aliphatic rings. The number of ether oxygens (including phenoxy) is 4. The van der Waals surface area contributed by atoms with Crippen LogP contribution >= 0.6 is 0 Å². The van der Waals surface area contributed by atoms with Crippen LogP contribution in [-0.4, -0.2) is 66.0 Å². The second-order valence-corrected chi connectivity index (χ2v) is 10.9. The minimum atomic E-state index is -1.10. The predicted octanol–water partition coefficient (Wildman–Crippen LogP) is 3.59. The summed E-state index contributed by atoms with van der Waals surface area (Å²) in [7, 11) is 0. The average Bonchev–Trinajstić information content (AvgIpc) is 2.72. The lowest BCUT2D eigenvalue weighted by Crippen LogP contribution is -2.57. The first-order valence-electron chi connectivity index (χ1n) is 11.9. The number of carbonyl (C=O) groups is 4. The van der Waals surface area contributed by atoms with Crippen molar-refractivity contribution < 1.29 is 38.1 Å². The normalized spacial score (nSPS) is 12.2. The average molecular weight is 513 g/mol. The van der Waals surface area contributed by atoms with E-state index in [4.69, 9.17) is 18.9 Å². The summed E-state index contributed by atoms with van der Waals surface area (Å²) in [6, 6.07) is 0. The molecule has 2 amide bonds.